The molecule has 2 aromatic rings. The van der Waals surface area contributed by atoms with Crippen LogP contribution < -0.4 is 4.90 Å². The average Bonchev–Trinajstić information content (AvgIpc) is 3.24. The van der Waals surface area contributed by atoms with E-state index in [4.69, 9.17) is 4.98 Å². The minimum atomic E-state index is -0.462. The highest BCUT2D eigenvalue weighted by Crippen LogP contribution is 2.41. The van der Waals surface area contributed by atoms with Crippen molar-refractivity contribution in [1.29, 1.82) is 0 Å². The minimum absolute atomic E-state index is 0.462. The molecular weight excluding hydrogens is 280 g/mol. The van der Waals surface area contributed by atoms with Gasteiger partial charge in [0.05, 0.1) is 11.8 Å². The first-order valence-electron chi connectivity index (χ1n) is 7.73. The van der Waals surface area contributed by atoms with Crippen molar-refractivity contribution in [3.63, 3.8) is 0 Å². The maximum atomic E-state index is 10.3. The van der Waals surface area contributed by atoms with E-state index in [1.165, 1.54) is 25.8 Å². The molecule has 1 saturated heterocycles. The number of piperidine rings is 1. The fourth-order valence-corrected chi connectivity index (χ4v) is 4.59. The summed E-state index contributed by atoms with van der Waals surface area (Å²) in [6, 6.07) is 10.6. The van der Waals surface area contributed by atoms with Crippen molar-refractivity contribution >= 4 is 16.5 Å². The summed E-state index contributed by atoms with van der Waals surface area (Å²) < 4.78 is 0. The van der Waals surface area contributed by atoms with Crippen molar-refractivity contribution in [3.05, 3.63) is 47.0 Å². The van der Waals surface area contributed by atoms with Gasteiger partial charge in [-0.25, -0.2) is 4.98 Å². The van der Waals surface area contributed by atoms with Gasteiger partial charge in [0.25, 0.3) is 0 Å². The summed E-state index contributed by atoms with van der Waals surface area (Å²) in [5.41, 5.74) is 1.97. The molecule has 2 heterocycles. The zero-order valence-electron chi connectivity index (χ0n) is 12.0. The molecule has 2 fully saturated rings. The van der Waals surface area contributed by atoms with Crippen LogP contribution in [0.2, 0.25) is 0 Å². The fraction of sp³-hybridized carbons (Fsp3) is 0.471. The second kappa shape index (κ2) is 5.43. The summed E-state index contributed by atoms with van der Waals surface area (Å²) in [4.78, 5) is 7.24. The lowest BCUT2D eigenvalue weighted by atomic mass is 10.1. The van der Waals surface area contributed by atoms with Crippen LogP contribution in [0.4, 0.5) is 5.13 Å². The Kier molecular flexibility index (Phi) is 3.43. The van der Waals surface area contributed by atoms with Crippen LogP contribution in [-0.4, -0.2) is 22.7 Å². The van der Waals surface area contributed by atoms with E-state index in [-0.39, 0.29) is 0 Å². The maximum Gasteiger partial charge on any atom is 0.185 e. The molecular formula is C17H20N2OS. The van der Waals surface area contributed by atoms with Crippen LogP contribution in [0.15, 0.2) is 35.7 Å². The third-order valence-electron chi connectivity index (χ3n) is 4.78. The molecule has 0 radical (unpaired) electrons. The Morgan fingerprint density at radius 3 is 2.86 bits per heavy atom. The van der Waals surface area contributed by atoms with Crippen molar-refractivity contribution < 1.29 is 5.11 Å². The molecule has 1 aromatic carbocycles. The number of anilines is 1. The first-order valence-corrected chi connectivity index (χ1v) is 8.61. The third-order valence-corrected chi connectivity index (χ3v) is 5.71. The van der Waals surface area contributed by atoms with E-state index in [0.717, 1.165) is 22.3 Å². The largest absolute Gasteiger partial charge is 0.388 e. The Bertz CT molecular complexity index is 612. The molecule has 1 aliphatic carbocycles. The van der Waals surface area contributed by atoms with Gasteiger partial charge in [0.2, 0.25) is 0 Å². The van der Waals surface area contributed by atoms with E-state index in [2.05, 4.69) is 10.3 Å². The Hall–Kier alpha value is -1.39. The monoisotopic (exact) mass is 300 g/mol. The lowest BCUT2D eigenvalue weighted by Crippen LogP contribution is -2.31. The third kappa shape index (κ3) is 2.58. The van der Waals surface area contributed by atoms with Gasteiger partial charge < -0.3 is 10.0 Å². The Morgan fingerprint density at radius 2 is 2.14 bits per heavy atom. The number of hydrogen-bond acceptors (Lipinski definition) is 4. The molecule has 0 spiro atoms. The predicted octanol–water partition coefficient (Wildman–Crippen LogP) is 3.41. The molecule has 4 heteroatoms. The molecule has 2 bridgehead atoms. The van der Waals surface area contributed by atoms with Crippen LogP contribution in [0.1, 0.15) is 36.6 Å². The molecule has 110 valence electrons. The topological polar surface area (TPSA) is 36.4 Å². The molecule has 2 aliphatic rings. The SMILES string of the molecule is OC(Cc1csc(N2CC3CCC2C3)n1)c1ccccc1. The lowest BCUT2D eigenvalue weighted by Gasteiger charge is -2.26. The molecule has 1 aliphatic heterocycles. The molecule has 3 nitrogen and oxygen atoms in total. The van der Waals surface area contributed by atoms with E-state index < -0.39 is 6.10 Å². The quantitative estimate of drug-likeness (QED) is 0.940. The number of rotatable bonds is 4. The summed E-state index contributed by atoms with van der Waals surface area (Å²) in [7, 11) is 0. The van der Waals surface area contributed by atoms with Gasteiger partial charge in [-0.3, -0.25) is 0 Å². The van der Waals surface area contributed by atoms with E-state index in [1.54, 1.807) is 11.3 Å². The van der Waals surface area contributed by atoms with Crippen LogP contribution >= 0.6 is 11.3 Å². The number of aliphatic hydroxyl groups excluding tert-OH is 1. The van der Waals surface area contributed by atoms with Crippen LogP contribution in [0, 0.1) is 5.92 Å². The number of hydrogen-bond donors (Lipinski definition) is 1. The summed E-state index contributed by atoms with van der Waals surface area (Å²) in [6.45, 7) is 1.18. The molecule has 4 rings (SSSR count). The van der Waals surface area contributed by atoms with Crippen LogP contribution in [0.25, 0.3) is 0 Å². The number of aliphatic hydroxyl groups is 1. The second-order valence-corrected chi connectivity index (χ2v) is 7.07. The van der Waals surface area contributed by atoms with Crippen molar-refractivity contribution in [3.8, 4) is 0 Å². The van der Waals surface area contributed by atoms with Gasteiger partial charge >= 0.3 is 0 Å². The Balaban J connectivity index is 1.45. The van der Waals surface area contributed by atoms with Crippen LogP contribution in [-0.2, 0) is 6.42 Å². The van der Waals surface area contributed by atoms with Crippen molar-refractivity contribution in [2.24, 2.45) is 5.92 Å². The highest BCUT2D eigenvalue weighted by atomic mass is 32.1. The number of fused-ring (bicyclic) bond motifs is 2. The Morgan fingerprint density at radius 1 is 1.29 bits per heavy atom. The van der Waals surface area contributed by atoms with Gasteiger partial charge in [-0.05, 0) is 30.7 Å². The average molecular weight is 300 g/mol. The van der Waals surface area contributed by atoms with Crippen molar-refractivity contribution in [2.75, 3.05) is 11.4 Å². The summed E-state index contributed by atoms with van der Waals surface area (Å²) >= 11 is 1.73. The number of thiazole rings is 1. The maximum absolute atomic E-state index is 10.3. The first-order chi connectivity index (χ1) is 10.3. The van der Waals surface area contributed by atoms with Gasteiger partial charge in [0.1, 0.15) is 0 Å². The zero-order chi connectivity index (χ0) is 14.2. The van der Waals surface area contributed by atoms with Gasteiger partial charge in [-0.15, -0.1) is 11.3 Å². The minimum Gasteiger partial charge on any atom is -0.388 e. The van der Waals surface area contributed by atoms with Gasteiger partial charge in [0.15, 0.2) is 5.13 Å². The summed E-state index contributed by atoms with van der Waals surface area (Å²) in [6.07, 6.45) is 4.21. The normalized spacial score (nSPS) is 25.5. The molecule has 1 aromatic heterocycles. The highest BCUT2D eigenvalue weighted by molar-refractivity contribution is 7.13. The molecule has 21 heavy (non-hydrogen) atoms. The molecule has 1 N–H and O–H groups in total. The van der Waals surface area contributed by atoms with Crippen LogP contribution in [0.5, 0.6) is 0 Å². The zero-order valence-corrected chi connectivity index (χ0v) is 12.8. The first kappa shape index (κ1) is 13.3. The number of benzene rings is 1. The van der Waals surface area contributed by atoms with Gasteiger partial charge in [0, 0.05) is 24.4 Å². The van der Waals surface area contributed by atoms with E-state index in [9.17, 15) is 5.11 Å². The van der Waals surface area contributed by atoms with Crippen LogP contribution in [0.3, 0.4) is 0 Å². The standard InChI is InChI=1S/C17H20N2OS/c20-16(13-4-2-1-3-5-13)9-14-11-21-17(18-14)19-10-12-6-7-15(19)8-12/h1-5,11-12,15-16,20H,6-10H2. The molecule has 0 amide bonds. The fourth-order valence-electron chi connectivity index (χ4n) is 3.67. The summed E-state index contributed by atoms with van der Waals surface area (Å²) in [5.74, 6) is 0.886. The summed E-state index contributed by atoms with van der Waals surface area (Å²) in [5, 5.41) is 13.6. The molecule has 3 unspecified atom stereocenters. The smallest absolute Gasteiger partial charge is 0.185 e. The second-order valence-electron chi connectivity index (χ2n) is 6.24. The number of nitrogens with zero attached hydrogens (tertiary/aromatic N) is 2. The van der Waals surface area contributed by atoms with E-state index in [0.29, 0.717) is 12.5 Å². The van der Waals surface area contributed by atoms with Gasteiger partial charge in [-0.2, -0.15) is 0 Å². The lowest BCUT2D eigenvalue weighted by molar-refractivity contribution is 0.177. The van der Waals surface area contributed by atoms with E-state index >= 15 is 0 Å². The number of aromatic nitrogens is 1. The Labute approximate surface area is 129 Å². The van der Waals surface area contributed by atoms with Gasteiger partial charge in [-0.1, -0.05) is 30.3 Å². The molecule has 1 saturated carbocycles. The van der Waals surface area contributed by atoms with Crippen molar-refractivity contribution in [1.82, 2.24) is 4.98 Å². The predicted molar refractivity (Wildman–Crippen MR) is 85.7 cm³/mol. The molecule has 3 atom stereocenters. The highest BCUT2D eigenvalue weighted by Gasteiger charge is 2.38. The van der Waals surface area contributed by atoms with Crippen molar-refractivity contribution in [2.45, 2.75) is 37.8 Å². The van der Waals surface area contributed by atoms with E-state index in [1.807, 2.05) is 30.3 Å².